The molecule has 1 saturated heterocycles. The molecule has 0 N–H and O–H groups in total. The second-order valence-electron chi connectivity index (χ2n) is 5.89. The maximum atomic E-state index is 12.5. The van der Waals surface area contributed by atoms with Crippen LogP contribution < -0.4 is 0 Å². The van der Waals surface area contributed by atoms with Crippen LogP contribution in [0.5, 0.6) is 0 Å². The third kappa shape index (κ3) is 1.59. The van der Waals surface area contributed by atoms with E-state index in [0.29, 0.717) is 11.6 Å². The van der Waals surface area contributed by atoms with Crippen molar-refractivity contribution in [3.8, 4) is 0 Å². The molecule has 1 aromatic rings. The Hall–Kier alpha value is -1.61. The molecule has 4 atom stereocenters. The second-order valence-corrected chi connectivity index (χ2v) is 6.33. The number of nitrogens with zero attached hydrogens (tertiary/aromatic N) is 1. The van der Waals surface area contributed by atoms with Crippen LogP contribution in [0.3, 0.4) is 0 Å². The Morgan fingerprint density at radius 3 is 2.10 bits per heavy atom. The molecule has 1 heterocycles. The van der Waals surface area contributed by atoms with Crippen molar-refractivity contribution >= 4 is 23.4 Å². The first-order valence-corrected chi connectivity index (χ1v) is 7.31. The number of allylic oxidation sites excluding steroid dienone is 2. The van der Waals surface area contributed by atoms with Gasteiger partial charge < -0.3 is 0 Å². The summed E-state index contributed by atoms with van der Waals surface area (Å²) in [6, 6.07) is 7.30. The summed E-state index contributed by atoms with van der Waals surface area (Å²) in [5.74, 6) is 0.349. The lowest BCUT2D eigenvalue weighted by molar-refractivity contribution is -0.141. The van der Waals surface area contributed by atoms with Gasteiger partial charge in [0.05, 0.1) is 18.4 Å². The number of carbonyl (C=O) groups is 2. The fraction of sp³-hybridized carbons (Fsp3) is 0.375. The highest BCUT2D eigenvalue weighted by Crippen LogP contribution is 2.52. The van der Waals surface area contributed by atoms with Gasteiger partial charge in [0.2, 0.25) is 11.8 Å². The fourth-order valence-electron chi connectivity index (χ4n) is 3.89. The molecule has 0 unspecified atom stereocenters. The van der Waals surface area contributed by atoms with E-state index in [4.69, 9.17) is 11.6 Å². The molecular weight excluding hydrogens is 274 g/mol. The molecule has 4 heteroatoms. The largest absolute Gasteiger partial charge is 0.278 e. The zero-order valence-electron chi connectivity index (χ0n) is 10.8. The molecule has 1 aromatic carbocycles. The van der Waals surface area contributed by atoms with Crippen molar-refractivity contribution in [1.29, 1.82) is 0 Å². The summed E-state index contributed by atoms with van der Waals surface area (Å²) < 4.78 is 0. The first-order valence-electron chi connectivity index (χ1n) is 6.93. The van der Waals surface area contributed by atoms with E-state index in [0.717, 1.165) is 12.0 Å². The van der Waals surface area contributed by atoms with Gasteiger partial charge in [-0.25, -0.2) is 0 Å². The maximum Gasteiger partial charge on any atom is 0.234 e. The van der Waals surface area contributed by atoms with Crippen molar-refractivity contribution in [1.82, 2.24) is 4.90 Å². The molecule has 0 spiro atoms. The minimum Gasteiger partial charge on any atom is -0.278 e. The number of fused-ring (bicyclic) bond motifs is 5. The Morgan fingerprint density at radius 1 is 1.00 bits per heavy atom. The van der Waals surface area contributed by atoms with Gasteiger partial charge in [0, 0.05) is 5.02 Å². The lowest BCUT2D eigenvalue weighted by Crippen LogP contribution is -2.32. The highest BCUT2D eigenvalue weighted by atomic mass is 35.5. The summed E-state index contributed by atoms with van der Waals surface area (Å²) in [5, 5.41) is 0.659. The van der Waals surface area contributed by atoms with E-state index in [2.05, 4.69) is 12.2 Å². The number of amides is 2. The predicted octanol–water partition coefficient (Wildman–Crippen LogP) is 2.65. The number of rotatable bonds is 2. The summed E-state index contributed by atoms with van der Waals surface area (Å²) in [7, 11) is 0. The van der Waals surface area contributed by atoms with E-state index in [9.17, 15) is 9.59 Å². The number of halogens is 1. The molecule has 2 bridgehead atoms. The van der Waals surface area contributed by atoms with Crippen LogP contribution in [0.15, 0.2) is 36.4 Å². The number of carbonyl (C=O) groups excluding carboxylic acids is 2. The lowest BCUT2D eigenvalue weighted by Gasteiger charge is -2.17. The zero-order chi connectivity index (χ0) is 13.9. The standard InChI is InChI=1S/C16H14ClNO2/c17-12-5-1-9(2-6-12)8-18-15(19)13-10-3-4-11(7-10)14(13)16(18)20/h1-6,10-11,13-14H,7-8H2/t10-,11+,13-,14-/m0/s1. The first-order chi connectivity index (χ1) is 9.65. The van der Waals surface area contributed by atoms with Gasteiger partial charge in [-0.15, -0.1) is 0 Å². The zero-order valence-corrected chi connectivity index (χ0v) is 11.6. The van der Waals surface area contributed by atoms with Crippen molar-refractivity contribution < 1.29 is 9.59 Å². The van der Waals surface area contributed by atoms with Gasteiger partial charge in [0.25, 0.3) is 0 Å². The molecule has 0 aromatic heterocycles. The molecule has 2 aliphatic carbocycles. The highest BCUT2D eigenvalue weighted by molar-refractivity contribution is 6.30. The Kier molecular flexibility index (Phi) is 2.55. The van der Waals surface area contributed by atoms with Crippen molar-refractivity contribution in [3.05, 3.63) is 47.0 Å². The van der Waals surface area contributed by atoms with E-state index in [1.165, 1.54) is 4.90 Å². The Bertz CT molecular complexity index is 592. The smallest absolute Gasteiger partial charge is 0.234 e. The number of hydrogen-bond acceptors (Lipinski definition) is 2. The number of likely N-dealkylation sites (tertiary alicyclic amines) is 1. The average molecular weight is 288 g/mol. The first kappa shape index (κ1) is 12.2. The SMILES string of the molecule is O=C1[C@@H]2[C@@H](C(=O)N1Cc1ccc(Cl)cc1)[C@H]1C=C[C@@H]2C1. The summed E-state index contributed by atoms with van der Waals surface area (Å²) in [5.41, 5.74) is 0.941. The van der Waals surface area contributed by atoms with Gasteiger partial charge in [0.15, 0.2) is 0 Å². The van der Waals surface area contributed by atoms with Crippen LogP contribution in [0, 0.1) is 23.7 Å². The van der Waals surface area contributed by atoms with Gasteiger partial charge in [-0.2, -0.15) is 0 Å². The lowest BCUT2D eigenvalue weighted by atomic mass is 9.85. The third-order valence-electron chi connectivity index (χ3n) is 4.82. The fourth-order valence-corrected chi connectivity index (χ4v) is 4.02. The topological polar surface area (TPSA) is 37.4 Å². The summed E-state index contributed by atoms with van der Waals surface area (Å²) in [6.45, 7) is 0.362. The molecule has 4 rings (SSSR count). The maximum absolute atomic E-state index is 12.5. The van der Waals surface area contributed by atoms with Gasteiger partial charge in [0.1, 0.15) is 0 Å². The van der Waals surface area contributed by atoms with Crippen molar-refractivity contribution in [2.24, 2.45) is 23.7 Å². The highest BCUT2D eigenvalue weighted by Gasteiger charge is 2.59. The van der Waals surface area contributed by atoms with E-state index in [1.807, 2.05) is 12.1 Å². The quantitative estimate of drug-likeness (QED) is 0.619. The van der Waals surface area contributed by atoms with Crippen molar-refractivity contribution in [2.45, 2.75) is 13.0 Å². The van der Waals surface area contributed by atoms with Crippen LogP contribution >= 0.6 is 11.6 Å². The monoisotopic (exact) mass is 287 g/mol. The van der Waals surface area contributed by atoms with Crippen LogP contribution in [-0.2, 0) is 16.1 Å². The molecule has 102 valence electrons. The van der Waals surface area contributed by atoms with Gasteiger partial charge in [-0.3, -0.25) is 14.5 Å². The van der Waals surface area contributed by atoms with Crippen LogP contribution in [0.2, 0.25) is 5.02 Å². The van der Waals surface area contributed by atoms with E-state index in [-0.39, 0.29) is 35.5 Å². The van der Waals surface area contributed by atoms with Crippen LogP contribution in [0.4, 0.5) is 0 Å². The average Bonchev–Trinajstić information content (AvgIpc) is 3.11. The normalized spacial score (nSPS) is 34.1. The van der Waals surface area contributed by atoms with Crippen molar-refractivity contribution in [2.75, 3.05) is 0 Å². The van der Waals surface area contributed by atoms with Gasteiger partial charge in [-0.1, -0.05) is 35.9 Å². The summed E-state index contributed by atoms with van der Waals surface area (Å²) in [4.78, 5) is 26.4. The van der Waals surface area contributed by atoms with Gasteiger partial charge >= 0.3 is 0 Å². The molecule has 1 aliphatic heterocycles. The second kappa shape index (κ2) is 4.19. The van der Waals surface area contributed by atoms with Gasteiger partial charge in [-0.05, 0) is 36.0 Å². The number of hydrogen-bond donors (Lipinski definition) is 0. The molecule has 1 saturated carbocycles. The predicted molar refractivity (Wildman–Crippen MR) is 74.7 cm³/mol. The van der Waals surface area contributed by atoms with Crippen LogP contribution in [-0.4, -0.2) is 16.7 Å². The molecule has 0 radical (unpaired) electrons. The Labute approximate surface area is 122 Å². The Morgan fingerprint density at radius 2 is 1.55 bits per heavy atom. The Balaban J connectivity index is 1.60. The summed E-state index contributed by atoms with van der Waals surface area (Å²) >= 11 is 5.85. The molecule has 2 fully saturated rings. The van der Waals surface area contributed by atoms with Crippen LogP contribution in [0.1, 0.15) is 12.0 Å². The van der Waals surface area contributed by atoms with E-state index >= 15 is 0 Å². The van der Waals surface area contributed by atoms with Crippen LogP contribution in [0.25, 0.3) is 0 Å². The summed E-state index contributed by atoms with van der Waals surface area (Å²) in [6.07, 6.45) is 5.20. The number of imide groups is 1. The molecular formula is C16H14ClNO2. The molecule has 3 aliphatic rings. The number of benzene rings is 1. The van der Waals surface area contributed by atoms with Crippen molar-refractivity contribution in [3.63, 3.8) is 0 Å². The molecule has 20 heavy (non-hydrogen) atoms. The molecule has 3 nitrogen and oxygen atoms in total. The third-order valence-corrected chi connectivity index (χ3v) is 5.07. The van der Waals surface area contributed by atoms with E-state index in [1.54, 1.807) is 12.1 Å². The van der Waals surface area contributed by atoms with E-state index < -0.39 is 0 Å². The molecule has 2 amide bonds. The minimum atomic E-state index is -0.107. The minimum absolute atomic E-state index is 0.00630.